The monoisotopic (exact) mass is 242 g/mol. The highest BCUT2D eigenvalue weighted by Crippen LogP contribution is 2.06. The van der Waals surface area contributed by atoms with Gasteiger partial charge in [-0.2, -0.15) is 0 Å². The molecule has 0 amide bonds. The van der Waals surface area contributed by atoms with Gasteiger partial charge in [0.15, 0.2) is 0 Å². The first-order valence-electron chi connectivity index (χ1n) is 5.99. The number of rotatable bonds is 5. The van der Waals surface area contributed by atoms with E-state index in [1.807, 2.05) is 30.6 Å². The molecule has 0 bridgehead atoms. The lowest BCUT2D eigenvalue weighted by Crippen LogP contribution is -2.18. The van der Waals surface area contributed by atoms with Gasteiger partial charge >= 0.3 is 0 Å². The molecule has 18 heavy (non-hydrogen) atoms. The number of aromatic nitrogens is 2. The van der Waals surface area contributed by atoms with Crippen LogP contribution in [0.2, 0.25) is 0 Å². The number of hydrogen-bond donors (Lipinski definition) is 1. The van der Waals surface area contributed by atoms with Crippen molar-refractivity contribution in [2.75, 3.05) is 7.05 Å². The first kappa shape index (κ1) is 12.7. The molecule has 0 fully saturated rings. The molecule has 0 unspecified atom stereocenters. The van der Waals surface area contributed by atoms with Gasteiger partial charge in [0.1, 0.15) is 0 Å². The quantitative estimate of drug-likeness (QED) is 0.864. The highest BCUT2D eigenvalue weighted by Gasteiger charge is 2.03. The van der Waals surface area contributed by atoms with Crippen LogP contribution in [0.5, 0.6) is 0 Å². The first-order valence-corrected chi connectivity index (χ1v) is 5.99. The topological polar surface area (TPSA) is 55.0 Å². The summed E-state index contributed by atoms with van der Waals surface area (Å²) in [5, 5.41) is 0. The van der Waals surface area contributed by atoms with E-state index in [1.165, 1.54) is 5.56 Å². The average molecular weight is 242 g/mol. The molecular formula is C14H18N4. The molecule has 4 nitrogen and oxygen atoms in total. The van der Waals surface area contributed by atoms with Crippen molar-refractivity contribution in [1.29, 1.82) is 0 Å². The molecule has 2 rings (SSSR count). The van der Waals surface area contributed by atoms with E-state index in [-0.39, 0.29) is 0 Å². The summed E-state index contributed by atoms with van der Waals surface area (Å²) in [4.78, 5) is 10.7. The summed E-state index contributed by atoms with van der Waals surface area (Å²) in [6.45, 7) is 2.23. The molecule has 0 aliphatic rings. The Kier molecular flexibility index (Phi) is 4.39. The Morgan fingerprint density at radius 3 is 2.61 bits per heavy atom. The lowest BCUT2D eigenvalue weighted by atomic mass is 10.2. The van der Waals surface area contributed by atoms with Gasteiger partial charge in [0, 0.05) is 38.2 Å². The summed E-state index contributed by atoms with van der Waals surface area (Å²) < 4.78 is 0. The van der Waals surface area contributed by atoms with Gasteiger partial charge in [-0.3, -0.25) is 14.9 Å². The molecule has 2 heterocycles. The fourth-order valence-corrected chi connectivity index (χ4v) is 1.81. The standard InChI is InChI=1S/C14H18N4/c1-18(10-13-3-2-6-16-8-13)11-14-5-4-12(7-15)9-17-14/h2-6,8-9H,7,10-11,15H2,1H3. The van der Waals surface area contributed by atoms with Crippen molar-refractivity contribution >= 4 is 0 Å². The third-order valence-corrected chi connectivity index (χ3v) is 2.73. The predicted octanol–water partition coefficient (Wildman–Crippen LogP) is 1.57. The lowest BCUT2D eigenvalue weighted by Gasteiger charge is -2.16. The van der Waals surface area contributed by atoms with E-state index in [9.17, 15) is 0 Å². The van der Waals surface area contributed by atoms with Crippen molar-refractivity contribution in [3.05, 3.63) is 59.7 Å². The molecule has 0 saturated heterocycles. The van der Waals surface area contributed by atoms with E-state index < -0.39 is 0 Å². The highest BCUT2D eigenvalue weighted by atomic mass is 15.1. The minimum atomic E-state index is 0.540. The molecular weight excluding hydrogens is 224 g/mol. The van der Waals surface area contributed by atoms with Gasteiger partial charge in [-0.15, -0.1) is 0 Å². The van der Waals surface area contributed by atoms with Crippen LogP contribution in [0.1, 0.15) is 16.8 Å². The average Bonchev–Trinajstić information content (AvgIpc) is 2.40. The largest absolute Gasteiger partial charge is 0.326 e. The van der Waals surface area contributed by atoms with Crippen molar-refractivity contribution in [3.8, 4) is 0 Å². The van der Waals surface area contributed by atoms with E-state index in [2.05, 4.69) is 28.0 Å². The summed E-state index contributed by atoms with van der Waals surface area (Å²) in [6.07, 6.45) is 5.52. The van der Waals surface area contributed by atoms with Crippen LogP contribution in [0.25, 0.3) is 0 Å². The highest BCUT2D eigenvalue weighted by molar-refractivity contribution is 5.14. The van der Waals surface area contributed by atoms with Crippen LogP contribution >= 0.6 is 0 Å². The third kappa shape index (κ3) is 3.61. The second kappa shape index (κ2) is 6.23. The SMILES string of the molecule is CN(Cc1cccnc1)Cc1ccc(CN)cn1. The maximum Gasteiger partial charge on any atom is 0.0544 e. The molecule has 0 aromatic carbocycles. The Morgan fingerprint density at radius 2 is 2.00 bits per heavy atom. The van der Waals surface area contributed by atoms with Crippen LogP contribution in [-0.4, -0.2) is 21.9 Å². The number of nitrogens with two attached hydrogens (primary N) is 1. The Hall–Kier alpha value is -1.78. The molecule has 2 aromatic heterocycles. The Morgan fingerprint density at radius 1 is 1.11 bits per heavy atom. The second-order valence-electron chi connectivity index (χ2n) is 4.40. The van der Waals surface area contributed by atoms with Crippen molar-refractivity contribution in [2.24, 2.45) is 5.73 Å². The fraction of sp³-hybridized carbons (Fsp3) is 0.286. The minimum absolute atomic E-state index is 0.540. The normalized spacial score (nSPS) is 10.8. The summed E-state index contributed by atoms with van der Waals surface area (Å²) in [6, 6.07) is 8.09. The summed E-state index contributed by atoms with van der Waals surface area (Å²) >= 11 is 0. The number of hydrogen-bond acceptors (Lipinski definition) is 4. The molecule has 94 valence electrons. The van der Waals surface area contributed by atoms with E-state index in [0.29, 0.717) is 6.54 Å². The predicted molar refractivity (Wildman–Crippen MR) is 71.5 cm³/mol. The van der Waals surface area contributed by atoms with Crippen molar-refractivity contribution in [2.45, 2.75) is 19.6 Å². The molecule has 0 atom stereocenters. The van der Waals surface area contributed by atoms with Crippen LogP contribution in [0.4, 0.5) is 0 Å². The summed E-state index contributed by atoms with van der Waals surface area (Å²) in [7, 11) is 2.07. The van der Waals surface area contributed by atoms with E-state index >= 15 is 0 Å². The molecule has 4 heteroatoms. The number of nitrogens with zero attached hydrogens (tertiary/aromatic N) is 3. The lowest BCUT2D eigenvalue weighted by molar-refractivity contribution is 0.314. The van der Waals surface area contributed by atoms with E-state index in [4.69, 9.17) is 5.73 Å². The van der Waals surface area contributed by atoms with Crippen molar-refractivity contribution < 1.29 is 0 Å². The second-order valence-corrected chi connectivity index (χ2v) is 4.40. The van der Waals surface area contributed by atoms with Gasteiger partial charge in [0.05, 0.1) is 5.69 Å². The van der Waals surface area contributed by atoms with E-state index in [0.717, 1.165) is 24.3 Å². The third-order valence-electron chi connectivity index (χ3n) is 2.73. The first-order chi connectivity index (χ1) is 8.78. The van der Waals surface area contributed by atoms with Crippen LogP contribution in [0.3, 0.4) is 0 Å². The molecule has 0 saturated carbocycles. The zero-order valence-corrected chi connectivity index (χ0v) is 10.6. The van der Waals surface area contributed by atoms with Crippen molar-refractivity contribution in [1.82, 2.24) is 14.9 Å². The molecule has 0 spiro atoms. The van der Waals surface area contributed by atoms with Crippen LogP contribution in [0.15, 0.2) is 42.9 Å². The van der Waals surface area contributed by atoms with Crippen LogP contribution in [0, 0.1) is 0 Å². The Labute approximate surface area is 107 Å². The Bertz CT molecular complexity index is 467. The molecule has 2 N–H and O–H groups in total. The maximum absolute atomic E-state index is 5.55. The molecule has 0 aliphatic heterocycles. The number of pyridine rings is 2. The molecule has 0 radical (unpaired) electrons. The summed E-state index contributed by atoms with van der Waals surface area (Å²) in [5.41, 5.74) is 8.87. The van der Waals surface area contributed by atoms with Gasteiger partial charge in [0.2, 0.25) is 0 Å². The van der Waals surface area contributed by atoms with Crippen LogP contribution in [-0.2, 0) is 19.6 Å². The Balaban J connectivity index is 1.92. The zero-order chi connectivity index (χ0) is 12.8. The van der Waals surface area contributed by atoms with Gasteiger partial charge in [-0.1, -0.05) is 12.1 Å². The smallest absolute Gasteiger partial charge is 0.0544 e. The van der Waals surface area contributed by atoms with Crippen LogP contribution < -0.4 is 5.73 Å². The van der Waals surface area contributed by atoms with Gasteiger partial charge in [0.25, 0.3) is 0 Å². The maximum atomic E-state index is 5.55. The van der Waals surface area contributed by atoms with Gasteiger partial charge < -0.3 is 5.73 Å². The van der Waals surface area contributed by atoms with E-state index in [1.54, 1.807) is 6.20 Å². The molecule has 2 aromatic rings. The van der Waals surface area contributed by atoms with Gasteiger partial charge in [-0.25, -0.2) is 0 Å². The van der Waals surface area contributed by atoms with Crippen molar-refractivity contribution in [3.63, 3.8) is 0 Å². The minimum Gasteiger partial charge on any atom is -0.326 e. The zero-order valence-electron chi connectivity index (χ0n) is 10.6. The molecule has 0 aliphatic carbocycles. The fourth-order valence-electron chi connectivity index (χ4n) is 1.81. The summed E-state index contributed by atoms with van der Waals surface area (Å²) in [5.74, 6) is 0. The van der Waals surface area contributed by atoms with Gasteiger partial charge in [-0.05, 0) is 30.3 Å².